The topological polar surface area (TPSA) is 66.5 Å². The number of sulfonamides is 1. The Balaban J connectivity index is 1.71. The number of hydrogen-bond donors (Lipinski definition) is 1. The van der Waals surface area contributed by atoms with Gasteiger partial charge >= 0.3 is 0 Å². The van der Waals surface area contributed by atoms with Crippen LogP contribution < -0.4 is 5.32 Å². The van der Waals surface area contributed by atoms with Crippen molar-refractivity contribution in [3.63, 3.8) is 0 Å². The molecule has 0 radical (unpaired) electrons. The Kier molecular flexibility index (Phi) is 6.75. The third-order valence-corrected chi connectivity index (χ3v) is 7.27. The van der Waals surface area contributed by atoms with Crippen molar-refractivity contribution in [1.82, 2.24) is 4.31 Å². The summed E-state index contributed by atoms with van der Waals surface area (Å²) in [6, 6.07) is 14.4. The molecular weight excluding hydrogens is 384 g/mol. The third kappa shape index (κ3) is 5.25. The number of Topliss-reactive ketones (excluding diaryl/α,β-unsaturated/α-hetero) is 1. The molecule has 1 aliphatic rings. The van der Waals surface area contributed by atoms with Crippen LogP contribution in [0.1, 0.15) is 43.1 Å². The molecule has 156 valence electrons. The smallest absolute Gasteiger partial charge is 0.243 e. The molecule has 3 rings (SSSR count). The van der Waals surface area contributed by atoms with Crippen LogP contribution in [0, 0.1) is 11.8 Å². The van der Waals surface area contributed by atoms with Gasteiger partial charge in [-0.25, -0.2) is 8.42 Å². The summed E-state index contributed by atoms with van der Waals surface area (Å²) >= 11 is 0. The second-order valence-corrected chi connectivity index (χ2v) is 10.1. The first-order valence-corrected chi connectivity index (χ1v) is 11.7. The Morgan fingerprint density at radius 3 is 2.34 bits per heavy atom. The lowest BCUT2D eigenvalue weighted by molar-refractivity contribution is 0.101. The number of piperidine rings is 1. The molecule has 2 atom stereocenters. The fourth-order valence-corrected chi connectivity index (χ4v) is 5.65. The molecule has 5 nitrogen and oxygen atoms in total. The van der Waals surface area contributed by atoms with Gasteiger partial charge in [0.25, 0.3) is 0 Å². The van der Waals surface area contributed by atoms with Gasteiger partial charge in [0.05, 0.1) is 11.4 Å². The summed E-state index contributed by atoms with van der Waals surface area (Å²) in [5.74, 6) is 0.533. The molecule has 0 aromatic heterocycles. The number of aryl methyl sites for hydroxylation is 1. The van der Waals surface area contributed by atoms with E-state index in [9.17, 15) is 13.2 Å². The maximum atomic E-state index is 13.1. The molecule has 2 unspecified atom stereocenters. The minimum atomic E-state index is -3.60. The number of hydrogen-bond acceptors (Lipinski definition) is 4. The molecule has 6 heteroatoms. The van der Waals surface area contributed by atoms with Crippen LogP contribution in [0.15, 0.2) is 53.4 Å². The predicted octanol–water partition coefficient (Wildman–Crippen LogP) is 4.21. The number of carbonyl (C=O) groups excluding carboxylic acids is 1. The van der Waals surface area contributed by atoms with Gasteiger partial charge in [-0.15, -0.1) is 0 Å². The monoisotopic (exact) mass is 414 g/mol. The lowest BCUT2D eigenvalue weighted by Gasteiger charge is -2.34. The van der Waals surface area contributed by atoms with Crippen LogP contribution in [0.3, 0.4) is 0 Å². The molecule has 1 fully saturated rings. The highest BCUT2D eigenvalue weighted by atomic mass is 32.2. The average molecular weight is 415 g/mol. The summed E-state index contributed by atoms with van der Waals surface area (Å²) in [6.07, 6.45) is 2.00. The Hall–Kier alpha value is -2.18. The fourth-order valence-electron chi connectivity index (χ4n) is 3.92. The maximum absolute atomic E-state index is 13.1. The number of nitrogens with zero attached hydrogens (tertiary/aromatic N) is 1. The molecule has 1 saturated heterocycles. The van der Waals surface area contributed by atoms with Crippen molar-refractivity contribution in [2.75, 3.05) is 25.0 Å². The van der Waals surface area contributed by atoms with E-state index in [1.54, 1.807) is 22.5 Å². The van der Waals surface area contributed by atoms with Crippen molar-refractivity contribution in [2.24, 2.45) is 11.8 Å². The normalized spacial score (nSPS) is 20.4. The Bertz CT molecular complexity index is 944. The van der Waals surface area contributed by atoms with Crippen LogP contribution in [0.2, 0.25) is 0 Å². The summed E-state index contributed by atoms with van der Waals surface area (Å²) in [5, 5.41) is 3.12. The van der Waals surface area contributed by atoms with Gasteiger partial charge in [-0.2, -0.15) is 4.31 Å². The molecule has 1 N–H and O–H groups in total. The van der Waals surface area contributed by atoms with E-state index in [4.69, 9.17) is 0 Å². The van der Waals surface area contributed by atoms with E-state index < -0.39 is 10.0 Å². The summed E-state index contributed by atoms with van der Waals surface area (Å²) in [5.41, 5.74) is 2.51. The number of anilines is 1. The minimum Gasteiger partial charge on any atom is -0.378 e. The zero-order valence-electron chi connectivity index (χ0n) is 17.4. The maximum Gasteiger partial charge on any atom is 0.243 e. The van der Waals surface area contributed by atoms with E-state index in [-0.39, 0.29) is 17.2 Å². The SMILES string of the molecule is CCc1ccc(NCC(=O)c2cccc(S(=O)(=O)N3CC(C)CC(C)C3)c2)cc1. The lowest BCUT2D eigenvalue weighted by Crippen LogP contribution is -2.42. The third-order valence-electron chi connectivity index (χ3n) is 5.44. The van der Waals surface area contributed by atoms with Crippen LogP contribution in [-0.4, -0.2) is 38.1 Å². The van der Waals surface area contributed by atoms with Crippen LogP contribution >= 0.6 is 0 Å². The Morgan fingerprint density at radius 2 is 1.72 bits per heavy atom. The number of nitrogens with one attached hydrogen (secondary N) is 1. The van der Waals surface area contributed by atoms with E-state index >= 15 is 0 Å². The second-order valence-electron chi connectivity index (χ2n) is 8.12. The Labute approximate surface area is 174 Å². The number of ketones is 1. The highest BCUT2D eigenvalue weighted by Crippen LogP contribution is 2.27. The number of rotatable bonds is 7. The first kappa shape index (κ1) is 21.5. The molecule has 0 spiro atoms. The van der Waals surface area contributed by atoms with Crippen LogP contribution in [0.4, 0.5) is 5.69 Å². The molecule has 29 heavy (non-hydrogen) atoms. The fraction of sp³-hybridized carbons (Fsp3) is 0.435. The van der Waals surface area contributed by atoms with Crippen LogP contribution in [-0.2, 0) is 16.4 Å². The highest BCUT2D eigenvalue weighted by molar-refractivity contribution is 7.89. The van der Waals surface area contributed by atoms with Gasteiger partial charge in [0.15, 0.2) is 5.78 Å². The molecule has 0 saturated carbocycles. The van der Waals surface area contributed by atoms with E-state index in [0.717, 1.165) is 18.5 Å². The molecule has 2 aromatic rings. The quantitative estimate of drug-likeness (QED) is 0.689. The van der Waals surface area contributed by atoms with Crippen LogP contribution in [0.5, 0.6) is 0 Å². The molecule has 2 aromatic carbocycles. The standard InChI is InChI=1S/C23H30N2O3S/c1-4-19-8-10-21(11-9-19)24-14-23(26)20-6-5-7-22(13-20)29(27,28)25-15-17(2)12-18(3)16-25/h5-11,13,17-18,24H,4,12,14-16H2,1-3H3. The molecule has 0 amide bonds. The molecule has 0 bridgehead atoms. The molecule has 1 aliphatic heterocycles. The van der Waals surface area contributed by atoms with Crippen molar-refractivity contribution in [3.8, 4) is 0 Å². The average Bonchev–Trinajstić information content (AvgIpc) is 2.71. The van der Waals surface area contributed by atoms with Crippen molar-refractivity contribution >= 4 is 21.5 Å². The van der Waals surface area contributed by atoms with Gasteiger partial charge in [0.2, 0.25) is 10.0 Å². The van der Waals surface area contributed by atoms with E-state index in [2.05, 4.69) is 26.1 Å². The van der Waals surface area contributed by atoms with Gasteiger partial charge in [0, 0.05) is 24.3 Å². The number of carbonyl (C=O) groups is 1. The number of benzene rings is 2. The largest absolute Gasteiger partial charge is 0.378 e. The van der Waals surface area contributed by atoms with Crippen LogP contribution in [0.25, 0.3) is 0 Å². The van der Waals surface area contributed by atoms with Gasteiger partial charge in [-0.3, -0.25) is 4.79 Å². The van der Waals surface area contributed by atoms with E-state index in [1.165, 1.54) is 11.6 Å². The predicted molar refractivity (Wildman–Crippen MR) is 117 cm³/mol. The molecule has 0 aliphatic carbocycles. The van der Waals surface area contributed by atoms with Crippen molar-refractivity contribution in [3.05, 3.63) is 59.7 Å². The van der Waals surface area contributed by atoms with Gasteiger partial charge < -0.3 is 5.32 Å². The van der Waals surface area contributed by atoms with Gasteiger partial charge in [-0.1, -0.05) is 45.0 Å². The molecular formula is C23H30N2O3S. The van der Waals surface area contributed by atoms with Crippen molar-refractivity contribution < 1.29 is 13.2 Å². The van der Waals surface area contributed by atoms with E-state index in [1.807, 2.05) is 24.3 Å². The van der Waals surface area contributed by atoms with Crippen molar-refractivity contribution in [2.45, 2.75) is 38.5 Å². The van der Waals surface area contributed by atoms with E-state index in [0.29, 0.717) is 30.5 Å². The summed E-state index contributed by atoms with van der Waals surface area (Å²) in [6.45, 7) is 7.43. The molecule has 1 heterocycles. The highest BCUT2D eigenvalue weighted by Gasteiger charge is 2.31. The minimum absolute atomic E-state index is 0.118. The van der Waals surface area contributed by atoms with Gasteiger partial charge in [0.1, 0.15) is 0 Å². The van der Waals surface area contributed by atoms with Crippen molar-refractivity contribution in [1.29, 1.82) is 0 Å². The summed E-state index contributed by atoms with van der Waals surface area (Å²) in [7, 11) is -3.60. The summed E-state index contributed by atoms with van der Waals surface area (Å²) < 4.78 is 27.7. The first-order valence-electron chi connectivity index (χ1n) is 10.3. The second kappa shape index (κ2) is 9.09. The Morgan fingerprint density at radius 1 is 1.07 bits per heavy atom. The lowest BCUT2D eigenvalue weighted by atomic mass is 9.94. The summed E-state index contributed by atoms with van der Waals surface area (Å²) in [4.78, 5) is 12.8. The zero-order chi connectivity index (χ0) is 21.0. The first-order chi connectivity index (χ1) is 13.8. The van der Waals surface area contributed by atoms with Gasteiger partial charge in [-0.05, 0) is 54.5 Å². The zero-order valence-corrected chi connectivity index (χ0v) is 18.2.